The van der Waals surface area contributed by atoms with Gasteiger partial charge in [0.1, 0.15) is 23.1 Å². The lowest BCUT2D eigenvalue weighted by Crippen LogP contribution is -2.03. The van der Waals surface area contributed by atoms with Gasteiger partial charge in [0.25, 0.3) is 0 Å². The van der Waals surface area contributed by atoms with Gasteiger partial charge < -0.3 is 10.6 Å². The first-order valence-corrected chi connectivity index (χ1v) is 11.0. The molecule has 0 atom stereocenters. The standard InChI is InChI=1S/C22H14F2N6.H2O4S/c23-18-11-16(15-5-8-26-9-6-15)12-19(24)21(18)29-20-7-10-27-22(30-20)28-17-3-1-14(13-25)2-4-17;1-5(2,3)4/h1-12H,(H2,27,28,29,30);(H2,1,2,3,4). The molecule has 0 saturated heterocycles. The van der Waals surface area contributed by atoms with Crippen LogP contribution in [0.4, 0.5) is 31.9 Å². The SMILES string of the molecule is N#Cc1ccc(Nc2nccc(Nc3c(F)cc(-c4ccncc4)cc3F)n2)cc1.O=S(=O)(O)O. The average molecular weight is 498 g/mol. The minimum Gasteiger partial charge on any atom is -0.335 e. The first-order valence-electron chi connectivity index (χ1n) is 9.59. The molecule has 4 N–H and O–H groups in total. The van der Waals surface area contributed by atoms with Gasteiger partial charge in [0.05, 0.1) is 11.6 Å². The van der Waals surface area contributed by atoms with Gasteiger partial charge in [-0.1, -0.05) is 0 Å². The van der Waals surface area contributed by atoms with E-state index in [1.807, 2.05) is 6.07 Å². The minimum atomic E-state index is -4.67. The molecule has 178 valence electrons. The molecule has 0 aliphatic heterocycles. The molecule has 0 aliphatic rings. The number of nitrogens with zero attached hydrogens (tertiary/aromatic N) is 4. The van der Waals surface area contributed by atoms with Gasteiger partial charge in [0.15, 0.2) is 0 Å². The lowest BCUT2D eigenvalue weighted by molar-refractivity contribution is 0.381. The summed E-state index contributed by atoms with van der Waals surface area (Å²) in [6.45, 7) is 0. The second-order valence-corrected chi connectivity index (χ2v) is 7.60. The molecular weight excluding hydrogens is 482 g/mol. The summed E-state index contributed by atoms with van der Waals surface area (Å²) in [5.74, 6) is -1.04. The van der Waals surface area contributed by atoms with E-state index >= 15 is 0 Å². The van der Waals surface area contributed by atoms with Crippen molar-refractivity contribution < 1.29 is 26.3 Å². The van der Waals surface area contributed by atoms with E-state index in [-0.39, 0.29) is 17.5 Å². The fraction of sp³-hybridized carbons (Fsp3) is 0. The zero-order valence-electron chi connectivity index (χ0n) is 17.6. The summed E-state index contributed by atoms with van der Waals surface area (Å²) >= 11 is 0. The van der Waals surface area contributed by atoms with Crippen LogP contribution in [0.25, 0.3) is 11.1 Å². The number of nitriles is 1. The molecule has 35 heavy (non-hydrogen) atoms. The highest BCUT2D eigenvalue weighted by molar-refractivity contribution is 7.79. The highest BCUT2D eigenvalue weighted by Crippen LogP contribution is 2.29. The Kier molecular flexibility index (Phi) is 7.95. The number of hydrogen-bond acceptors (Lipinski definition) is 8. The summed E-state index contributed by atoms with van der Waals surface area (Å²) in [5, 5.41) is 14.5. The van der Waals surface area contributed by atoms with E-state index in [1.54, 1.807) is 48.8 Å². The van der Waals surface area contributed by atoms with Gasteiger partial charge in [-0.25, -0.2) is 13.8 Å². The number of nitrogens with one attached hydrogen (secondary N) is 2. The van der Waals surface area contributed by atoms with Crippen LogP contribution in [0.5, 0.6) is 0 Å². The van der Waals surface area contributed by atoms with Gasteiger partial charge in [0, 0.05) is 24.3 Å². The Balaban J connectivity index is 0.000000623. The highest BCUT2D eigenvalue weighted by Gasteiger charge is 2.13. The summed E-state index contributed by atoms with van der Waals surface area (Å²) < 4.78 is 60.8. The first kappa shape index (κ1) is 25.1. The van der Waals surface area contributed by atoms with Crippen molar-refractivity contribution in [3.05, 3.63) is 90.4 Å². The van der Waals surface area contributed by atoms with E-state index in [2.05, 4.69) is 25.6 Å². The highest BCUT2D eigenvalue weighted by atomic mass is 32.3. The first-order chi connectivity index (χ1) is 16.6. The summed E-state index contributed by atoms with van der Waals surface area (Å²) in [6, 6.07) is 16.1. The Hall–Kier alpha value is -4.51. The van der Waals surface area contributed by atoms with Crippen LogP contribution in [0.1, 0.15) is 5.56 Å². The van der Waals surface area contributed by atoms with E-state index in [0.717, 1.165) is 0 Å². The van der Waals surface area contributed by atoms with Crippen LogP contribution in [-0.4, -0.2) is 32.5 Å². The van der Waals surface area contributed by atoms with Crippen molar-refractivity contribution in [3.8, 4) is 17.2 Å². The van der Waals surface area contributed by atoms with Gasteiger partial charge >= 0.3 is 10.4 Å². The third-order valence-corrected chi connectivity index (χ3v) is 4.23. The zero-order chi connectivity index (χ0) is 25.4. The van der Waals surface area contributed by atoms with Crippen LogP contribution in [0.3, 0.4) is 0 Å². The van der Waals surface area contributed by atoms with E-state index in [1.165, 1.54) is 24.4 Å². The van der Waals surface area contributed by atoms with Gasteiger partial charge in [0.2, 0.25) is 5.95 Å². The topological polar surface area (TPSA) is 161 Å². The molecule has 13 heteroatoms. The van der Waals surface area contributed by atoms with E-state index < -0.39 is 22.0 Å². The minimum absolute atomic E-state index is 0.218. The second-order valence-electron chi connectivity index (χ2n) is 6.70. The number of aromatic nitrogens is 3. The van der Waals surface area contributed by atoms with Crippen LogP contribution in [0, 0.1) is 23.0 Å². The van der Waals surface area contributed by atoms with Crippen molar-refractivity contribution in [1.29, 1.82) is 5.26 Å². The molecular formula is C22H16F2N6O4S. The second kappa shape index (κ2) is 11.1. The maximum absolute atomic E-state index is 14.6. The van der Waals surface area contributed by atoms with E-state index in [0.29, 0.717) is 22.4 Å². The zero-order valence-corrected chi connectivity index (χ0v) is 18.4. The maximum atomic E-state index is 14.6. The molecule has 4 aromatic rings. The average Bonchev–Trinajstić information content (AvgIpc) is 2.81. The van der Waals surface area contributed by atoms with E-state index in [4.69, 9.17) is 22.8 Å². The third-order valence-electron chi connectivity index (χ3n) is 4.23. The van der Waals surface area contributed by atoms with Crippen LogP contribution < -0.4 is 10.6 Å². The van der Waals surface area contributed by atoms with Gasteiger partial charge in [-0.05, 0) is 65.7 Å². The third kappa shape index (κ3) is 7.79. The summed E-state index contributed by atoms with van der Waals surface area (Å²) in [7, 11) is -4.67. The predicted octanol–water partition coefficient (Wildman–Crippen LogP) is 4.52. The molecule has 0 aliphatic carbocycles. The number of benzene rings is 2. The molecule has 4 rings (SSSR count). The van der Waals surface area contributed by atoms with Crippen molar-refractivity contribution in [2.24, 2.45) is 0 Å². The summed E-state index contributed by atoms with van der Waals surface area (Å²) in [4.78, 5) is 12.2. The van der Waals surface area contributed by atoms with Crippen molar-refractivity contribution in [2.75, 3.05) is 10.6 Å². The monoisotopic (exact) mass is 498 g/mol. The number of hydrogen-bond donors (Lipinski definition) is 4. The lowest BCUT2D eigenvalue weighted by Gasteiger charge is -2.11. The Morgan fingerprint density at radius 3 is 2.03 bits per heavy atom. The van der Waals surface area contributed by atoms with Crippen molar-refractivity contribution in [2.45, 2.75) is 0 Å². The Morgan fingerprint density at radius 1 is 0.857 bits per heavy atom. The van der Waals surface area contributed by atoms with Crippen molar-refractivity contribution in [1.82, 2.24) is 15.0 Å². The summed E-state index contributed by atoms with van der Waals surface area (Å²) in [5.41, 5.74) is 1.95. The fourth-order valence-electron chi connectivity index (χ4n) is 2.78. The molecule has 0 unspecified atom stereocenters. The van der Waals surface area contributed by atoms with Gasteiger partial charge in [-0.2, -0.15) is 18.7 Å². The van der Waals surface area contributed by atoms with Crippen molar-refractivity contribution in [3.63, 3.8) is 0 Å². The molecule has 2 aromatic carbocycles. The molecule has 0 saturated carbocycles. The number of anilines is 4. The van der Waals surface area contributed by atoms with Crippen LogP contribution in [0.2, 0.25) is 0 Å². The normalized spacial score (nSPS) is 10.5. The smallest absolute Gasteiger partial charge is 0.335 e. The Labute approximate surface area is 198 Å². The molecule has 0 fully saturated rings. The van der Waals surface area contributed by atoms with Crippen LogP contribution in [-0.2, 0) is 10.4 Å². The largest absolute Gasteiger partial charge is 0.394 e. The predicted molar refractivity (Wildman–Crippen MR) is 124 cm³/mol. The molecule has 0 amide bonds. The number of halogens is 2. The number of rotatable bonds is 5. The molecule has 0 bridgehead atoms. The van der Waals surface area contributed by atoms with Gasteiger partial charge in [-0.3, -0.25) is 14.1 Å². The quantitative estimate of drug-likeness (QED) is 0.288. The molecule has 10 nitrogen and oxygen atoms in total. The van der Waals surface area contributed by atoms with Gasteiger partial charge in [-0.15, -0.1) is 0 Å². The Bertz CT molecular complexity index is 1430. The van der Waals surface area contributed by atoms with Crippen LogP contribution >= 0.6 is 0 Å². The number of pyridine rings is 1. The maximum Gasteiger partial charge on any atom is 0.394 e. The molecule has 2 heterocycles. The fourth-order valence-corrected chi connectivity index (χ4v) is 2.78. The summed E-state index contributed by atoms with van der Waals surface area (Å²) in [6.07, 6.45) is 4.57. The van der Waals surface area contributed by atoms with E-state index in [9.17, 15) is 8.78 Å². The van der Waals surface area contributed by atoms with Crippen LogP contribution in [0.15, 0.2) is 73.2 Å². The lowest BCUT2D eigenvalue weighted by atomic mass is 10.1. The molecule has 0 radical (unpaired) electrons. The molecule has 2 aromatic heterocycles. The molecule has 0 spiro atoms. The van der Waals surface area contributed by atoms with Crippen molar-refractivity contribution >= 4 is 33.5 Å². The Morgan fingerprint density at radius 2 is 1.46 bits per heavy atom.